The molecule has 1 aromatic carbocycles. The van der Waals surface area contributed by atoms with Gasteiger partial charge in [-0.3, -0.25) is 0 Å². The highest BCUT2D eigenvalue weighted by atomic mass is 16.0. The minimum absolute atomic E-state index is 0. The minimum atomic E-state index is 0. The summed E-state index contributed by atoms with van der Waals surface area (Å²) in [6, 6.07) is 10.9. The van der Waals surface area contributed by atoms with Crippen LogP contribution in [0.4, 0.5) is 0 Å². The number of benzene rings is 1. The van der Waals surface area contributed by atoms with E-state index >= 15 is 0 Å². The zero-order valence-electron chi connectivity index (χ0n) is 14.8. The topological polar surface area (TPSA) is 34.7 Å². The van der Waals surface area contributed by atoms with Crippen molar-refractivity contribution >= 4 is 0 Å². The zero-order chi connectivity index (χ0) is 15.2. The molecular formula is C20H37NO. The monoisotopic (exact) mass is 307 g/mol. The molecule has 0 aromatic heterocycles. The molecule has 128 valence electrons. The Morgan fingerprint density at radius 2 is 1.09 bits per heavy atom. The van der Waals surface area contributed by atoms with Gasteiger partial charge in [-0.2, -0.15) is 0 Å². The Labute approximate surface area is 138 Å². The molecule has 0 aliphatic rings. The van der Waals surface area contributed by atoms with E-state index in [9.17, 15) is 0 Å². The van der Waals surface area contributed by atoms with E-state index in [2.05, 4.69) is 49.3 Å². The summed E-state index contributed by atoms with van der Waals surface area (Å²) in [5.74, 6) is 0. The van der Waals surface area contributed by atoms with E-state index in [-0.39, 0.29) is 5.48 Å². The third kappa shape index (κ3) is 12.8. The SMILES string of the molecule is CN(C)CCCCCCCCCCCCc1ccccc1.O. The smallest absolute Gasteiger partial charge is 0.00248 e. The van der Waals surface area contributed by atoms with Crippen molar-refractivity contribution in [1.82, 2.24) is 4.90 Å². The maximum absolute atomic E-state index is 2.29. The summed E-state index contributed by atoms with van der Waals surface area (Å²) < 4.78 is 0. The van der Waals surface area contributed by atoms with Crippen molar-refractivity contribution in [2.75, 3.05) is 20.6 Å². The van der Waals surface area contributed by atoms with Crippen LogP contribution in [-0.4, -0.2) is 31.0 Å². The molecule has 0 heterocycles. The van der Waals surface area contributed by atoms with E-state index in [0.29, 0.717) is 0 Å². The first-order valence-electron chi connectivity index (χ1n) is 8.97. The van der Waals surface area contributed by atoms with Crippen molar-refractivity contribution in [3.05, 3.63) is 35.9 Å². The molecule has 0 atom stereocenters. The van der Waals surface area contributed by atoms with Crippen molar-refractivity contribution in [2.45, 2.75) is 70.6 Å². The number of hydrogen-bond acceptors (Lipinski definition) is 1. The first kappa shape index (κ1) is 21.1. The van der Waals surface area contributed by atoms with E-state index in [1.807, 2.05) is 0 Å². The standard InChI is InChI=1S/C20H35N.H2O/c1-21(2)19-15-10-8-6-4-3-5-7-9-12-16-20-17-13-11-14-18-20;/h11,13-14,17-18H,3-10,12,15-16,19H2,1-2H3;1H2. The lowest BCUT2D eigenvalue weighted by Crippen LogP contribution is -2.12. The molecule has 0 unspecified atom stereocenters. The number of unbranched alkanes of at least 4 members (excludes halogenated alkanes) is 9. The van der Waals surface area contributed by atoms with Gasteiger partial charge in [-0.1, -0.05) is 81.7 Å². The van der Waals surface area contributed by atoms with Crippen LogP contribution in [0.2, 0.25) is 0 Å². The molecule has 22 heavy (non-hydrogen) atoms. The molecule has 0 saturated carbocycles. The first-order valence-corrected chi connectivity index (χ1v) is 8.97. The Morgan fingerprint density at radius 3 is 1.59 bits per heavy atom. The average Bonchev–Trinajstić information content (AvgIpc) is 2.49. The van der Waals surface area contributed by atoms with Crippen molar-refractivity contribution in [1.29, 1.82) is 0 Å². The van der Waals surface area contributed by atoms with Gasteiger partial charge in [-0.05, 0) is 45.5 Å². The summed E-state index contributed by atoms with van der Waals surface area (Å²) in [7, 11) is 4.33. The van der Waals surface area contributed by atoms with Crippen LogP contribution < -0.4 is 0 Å². The Balaban J connectivity index is 0.00000441. The maximum Gasteiger partial charge on any atom is -0.00248 e. The molecule has 0 fully saturated rings. The highest BCUT2D eigenvalue weighted by Crippen LogP contribution is 2.12. The van der Waals surface area contributed by atoms with Gasteiger partial charge in [0.1, 0.15) is 0 Å². The summed E-state index contributed by atoms with van der Waals surface area (Å²) in [4.78, 5) is 2.29. The number of nitrogens with zero attached hydrogens (tertiary/aromatic N) is 1. The second-order valence-electron chi connectivity index (χ2n) is 6.57. The molecule has 0 aliphatic carbocycles. The molecular weight excluding hydrogens is 270 g/mol. The fraction of sp³-hybridized carbons (Fsp3) is 0.700. The summed E-state index contributed by atoms with van der Waals surface area (Å²) >= 11 is 0. The van der Waals surface area contributed by atoms with Gasteiger partial charge in [0.15, 0.2) is 0 Å². The normalized spacial score (nSPS) is 10.7. The van der Waals surface area contributed by atoms with Gasteiger partial charge in [-0.25, -0.2) is 0 Å². The third-order valence-electron chi connectivity index (χ3n) is 4.16. The maximum atomic E-state index is 2.29. The van der Waals surface area contributed by atoms with Gasteiger partial charge in [0.25, 0.3) is 0 Å². The Bertz CT molecular complexity index is 324. The highest BCUT2D eigenvalue weighted by molar-refractivity contribution is 5.14. The number of rotatable bonds is 13. The van der Waals surface area contributed by atoms with E-state index in [1.54, 1.807) is 0 Å². The first-order chi connectivity index (χ1) is 10.3. The van der Waals surface area contributed by atoms with Crippen LogP contribution >= 0.6 is 0 Å². The number of aryl methyl sites for hydroxylation is 1. The van der Waals surface area contributed by atoms with Gasteiger partial charge in [0.2, 0.25) is 0 Å². The van der Waals surface area contributed by atoms with E-state index < -0.39 is 0 Å². The Morgan fingerprint density at radius 1 is 0.636 bits per heavy atom. The van der Waals surface area contributed by atoms with Crippen molar-refractivity contribution in [3.8, 4) is 0 Å². The summed E-state index contributed by atoms with van der Waals surface area (Å²) in [6.45, 7) is 1.25. The van der Waals surface area contributed by atoms with Gasteiger partial charge < -0.3 is 10.4 Å². The highest BCUT2D eigenvalue weighted by Gasteiger charge is 1.95. The van der Waals surface area contributed by atoms with Crippen LogP contribution in [0, 0.1) is 0 Å². The number of hydrogen-bond donors (Lipinski definition) is 0. The molecule has 0 bridgehead atoms. The molecule has 1 aromatic rings. The predicted molar refractivity (Wildman–Crippen MR) is 98.5 cm³/mol. The van der Waals surface area contributed by atoms with Gasteiger partial charge in [0.05, 0.1) is 0 Å². The molecule has 0 aliphatic heterocycles. The lowest BCUT2D eigenvalue weighted by atomic mass is 10.0. The van der Waals surface area contributed by atoms with E-state index in [4.69, 9.17) is 0 Å². The van der Waals surface area contributed by atoms with Gasteiger partial charge in [-0.15, -0.1) is 0 Å². The van der Waals surface area contributed by atoms with Gasteiger partial charge >= 0.3 is 0 Å². The second kappa shape index (κ2) is 15.1. The molecule has 0 saturated heterocycles. The molecule has 0 spiro atoms. The molecule has 1 rings (SSSR count). The van der Waals surface area contributed by atoms with Crippen LogP contribution in [-0.2, 0) is 6.42 Å². The lowest BCUT2D eigenvalue weighted by Gasteiger charge is -2.08. The van der Waals surface area contributed by atoms with Crippen molar-refractivity contribution < 1.29 is 5.48 Å². The van der Waals surface area contributed by atoms with Crippen LogP contribution in [0.3, 0.4) is 0 Å². The van der Waals surface area contributed by atoms with Gasteiger partial charge in [0, 0.05) is 0 Å². The summed E-state index contributed by atoms with van der Waals surface area (Å²) in [5, 5.41) is 0. The third-order valence-corrected chi connectivity index (χ3v) is 4.16. The second-order valence-corrected chi connectivity index (χ2v) is 6.57. The van der Waals surface area contributed by atoms with E-state index in [0.717, 1.165) is 0 Å². The predicted octanol–water partition coefficient (Wildman–Crippen LogP) is 4.87. The summed E-state index contributed by atoms with van der Waals surface area (Å²) in [5.41, 5.74) is 1.50. The molecule has 2 nitrogen and oxygen atoms in total. The van der Waals surface area contributed by atoms with Crippen LogP contribution in [0.15, 0.2) is 30.3 Å². The molecule has 2 N–H and O–H groups in total. The minimum Gasteiger partial charge on any atom is -0.412 e. The fourth-order valence-corrected chi connectivity index (χ4v) is 2.82. The molecule has 0 radical (unpaired) electrons. The summed E-state index contributed by atoms with van der Waals surface area (Å²) in [6.07, 6.45) is 15.4. The molecule has 2 heteroatoms. The Kier molecular flexibility index (Phi) is 14.5. The van der Waals surface area contributed by atoms with E-state index in [1.165, 1.54) is 82.7 Å². The quantitative estimate of drug-likeness (QED) is 0.479. The average molecular weight is 308 g/mol. The van der Waals surface area contributed by atoms with Crippen molar-refractivity contribution in [2.24, 2.45) is 0 Å². The zero-order valence-corrected chi connectivity index (χ0v) is 14.8. The van der Waals surface area contributed by atoms with Crippen LogP contribution in [0.25, 0.3) is 0 Å². The Hall–Kier alpha value is -0.860. The lowest BCUT2D eigenvalue weighted by molar-refractivity contribution is 0.389. The van der Waals surface area contributed by atoms with Crippen LogP contribution in [0.5, 0.6) is 0 Å². The molecule has 0 amide bonds. The van der Waals surface area contributed by atoms with Crippen LogP contribution in [0.1, 0.15) is 69.8 Å². The largest absolute Gasteiger partial charge is 0.412 e. The fourth-order valence-electron chi connectivity index (χ4n) is 2.82. The van der Waals surface area contributed by atoms with Crippen molar-refractivity contribution in [3.63, 3.8) is 0 Å².